The molecular formula is C3H8NO5PSn. The van der Waals surface area contributed by atoms with E-state index >= 15 is 0 Å². The van der Waals surface area contributed by atoms with Crippen LogP contribution in [0.4, 0.5) is 0 Å². The maximum atomic E-state index is 10.1. The van der Waals surface area contributed by atoms with Gasteiger partial charge in [0, 0.05) is 23.9 Å². The molecule has 0 atom stereocenters. The summed E-state index contributed by atoms with van der Waals surface area (Å²) in [6, 6.07) is 0. The van der Waals surface area contributed by atoms with Gasteiger partial charge in [0.15, 0.2) is 0 Å². The topological polar surface area (TPSA) is 107 Å². The third-order valence-electron chi connectivity index (χ3n) is 0.594. The summed E-state index contributed by atoms with van der Waals surface area (Å²) in [4.78, 5) is 26.1. The fourth-order valence-electron chi connectivity index (χ4n) is 0.308. The first kappa shape index (κ1) is 13.9. The molecule has 0 aliphatic rings. The van der Waals surface area contributed by atoms with Crippen LogP contribution >= 0.6 is 7.60 Å². The third kappa shape index (κ3) is 13.4. The van der Waals surface area contributed by atoms with E-state index in [1.807, 2.05) is 0 Å². The average molecular weight is 288 g/mol. The van der Waals surface area contributed by atoms with Crippen molar-refractivity contribution >= 4 is 37.5 Å². The largest absolute Gasteiger partial charge is 0.480 e. The van der Waals surface area contributed by atoms with E-state index in [0.717, 1.165) is 0 Å². The Bertz CT molecular complexity index is 167. The van der Waals surface area contributed by atoms with Gasteiger partial charge in [-0.15, -0.1) is 0 Å². The molecule has 0 fully saturated rings. The van der Waals surface area contributed by atoms with Crippen molar-refractivity contribution in [3.05, 3.63) is 0 Å². The third-order valence-corrected chi connectivity index (χ3v) is 1.23. The molecule has 0 saturated carbocycles. The van der Waals surface area contributed by atoms with Crippen LogP contribution in [0.1, 0.15) is 0 Å². The second kappa shape index (κ2) is 5.96. The van der Waals surface area contributed by atoms with Crippen molar-refractivity contribution in [2.45, 2.75) is 0 Å². The molecule has 0 heterocycles. The summed E-state index contributed by atoms with van der Waals surface area (Å²) in [5.74, 6) is -1.14. The second-order valence-corrected chi connectivity index (χ2v) is 3.29. The summed E-state index contributed by atoms with van der Waals surface area (Å²) in [7, 11) is -4.10. The van der Waals surface area contributed by atoms with Crippen LogP contribution in [0.5, 0.6) is 0 Å². The first-order valence-electron chi connectivity index (χ1n) is 2.39. The molecule has 0 unspecified atom stereocenters. The number of aliphatic carboxylic acids is 1. The molecule has 6 nitrogen and oxygen atoms in total. The molecule has 0 aliphatic carbocycles. The van der Waals surface area contributed by atoms with Crippen molar-refractivity contribution in [3.8, 4) is 0 Å². The molecule has 4 radical (unpaired) electrons. The number of hydrogen-bond donors (Lipinski definition) is 4. The summed E-state index contributed by atoms with van der Waals surface area (Å²) in [6.45, 7) is -0.439. The normalized spacial score (nSPS) is 10.4. The van der Waals surface area contributed by atoms with Crippen LogP contribution in [0, 0.1) is 0 Å². The molecule has 0 aromatic carbocycles. The van der Waals surface area contributed by atoms with Gasteiger partial charge < -0.3 is 14.9 Å². The van der Waals surface area contributed by atoms with Gasteiger partial charge in [-0.3, -0.25) is 14.7 Å². The van der Waals surface area contributed by atoms with Gasteiger partial charge in [0.25, 0.3) is 0 Å². The first-order chi connectivity index (χ1) is 4.42. The number of carboxylic acids is 1. The van der Waals surface area contributed by atoms with Crippen LogP contribution in [-0.4, -0.2) is 57.6 Å². The number of hydrogen-bond acceptors (Lipinski definition) is 3. The SMILES string of the molecule is O=C(O)CNCP(=O)(O)O.[Sn]. The van der Waals surface area contributed by atoms with E-state index in [9.17, 15) is 9.36 Å². The number of rotatable bonds is 4. The van der Waals surface area contributed by atoms with Crippen molar-refractivity contribution in [1.82, 2.24) is 5.32 Å². The predicted octanol–water partition coefficient (Wildman–Crippen LogP) is -1.58. The maximum Gasteiger partial charge on any atom is 0.339 e. The van der Waals surface area contributed by atoms with Crippen molar-refractivity contribution in [2.24, 2.45) is 0 Å². The van der Waals surface area contributed by atoms with Gasteiger partial charge in [-0.25, -0.2) is 0 Å². The second-order valence-electron chi connectivity index (χ2n) is 1.64. The molecule has 0 saturated heterocycles. The van der Waals surface area contributed by atoms with Crippen LogP contribution in [0.2, 0.25) is 0 Å². The Labute approximate surface area is 80.1 Å². The number of carbonyl (C=O) groups is 1. The van der Waals surface area contributed by atoms with E-state index in [-0.39, 0.29) is 23.9 Å². The molecule has 0 aromatic heterocycles. The van der Waals surface area contributed by atoms with Crippen LogP contribution in [0.15, 0.2) is 0 Å². The smallest absolute Gasteiger partial charge is 0.339 e. The van der Waals surface area contributed by atoms with Gasteiger partial charge in [-0.1, -0.05) is 0 Å². The molecular weight excluding hydrogens is 280 g/mol. The van der Waals surface area contributed by atoms with Gasteiger partial charge in [-0.2, -0.15) is 0 Å². The van der Waals surface area contributed by atoms with Crippen LogP contribution in [0.25, 0.3) is 0 Å². The summed E-state index contributed by atoms with van der Waals surface area (Å²) < 4.78 is 10.1. The van der Waals surface area contributed by atoms with Gasteiger partial charge in [-0.05, 0) is 0 Å². The van der Waals surface area contributed by atoms with Crippen LogP contribution in [-0.2, 0) is 9.36 Å². The summed E-state index contributed by atoms with van der Waals surface area (Å²) >= 11 is 0. The zero-order chi connectivity index (χ0) is 8.20. The van der Waals surface area contributed by atoms with Crippen molar-refractivity contribution in [2.75, 3.05) is 12.8 Å². The quantitative estimate of drug-likeness (QED) is 0.367. The van der Waals surface area contributed by atoms with Crippen molar-refractivity contribution < 1.29 is 24.3 Å². The summed E-state index contributed by atoms with van der Waals surface area (Å²) in [6.07, 6.45) is -0.598. The Morgan fingerprint density at radius 2 is 1.91 bits per heavy atom. The molecule has 0 spiro atoms. The maximum absolute atomic E-state index is 10.1. The molecule has 8 heteroatoms. The first-order valence-corrected chi connectivity index (χ1v) is 4.18. The van der Waals surface area contributed by atoms with Gasteiger partial charge >= 0.3 is 13.6 Å². The van der Waals surface area contributed by atoms with E-state index in [1.54, 1.807) is 0 Å². The van der Waals surface area contributed by atoms with Gasteiger partial charge in [0.05, 0.1) is 12.8 Å². The van der Waals surface area contributed by atoms with E-state index in [2.05, 4.69) is 5.32 Å². The Kier molecular flexibility index (Phi) is 7.55. The van der Waals surface area contributed by atoms with Crippen LogP contribution < -0.4 is 5.32 Å². The molecule has 0 bridgehead atoms. The van der Waals surface area contributed by atoms with Crippen molar-refractivity contribution in [3.63, 3.8) is 0 Å². The molecule has 64 valence electrons. The van der Waals surface area contributed by atoms with E-state index in [1.165, 1.54) is 0 Å². The van der Waals surface area contributed by atoms with Crippen molar-refractivity contribution in [1.29, 1.82) is 0 Å². The zero-order valence-corrected chi connectivity index (χ0v) is 9.27. The molecule has 11 heavy (non-hydrogen) atoms. The fourth-order valence-corrected chi connectivity index (χ4v) is 0.712. The standard InChI is InChI=1S/C3H8NO5P.Sn/c5-3(6)1-4-2-10(7,8)9;/h4H,1-2H2,(H,5,6)(H2,7,8,9);. The molecule has 0 amide bonds. The molecule has 0 aliphatic heterocycles. The molecule has 0 aromatic rings. The Morgan fingerprint density at radius 3 is 2.18 bits per heavy atom. The van der Waals surface area contributed by atoms with E-state index < -0.39 is 26.4 Å². The monoisotopic (exact) mass is 289 g/mol. The van der Waals surface area contributed by atoms with Gasteiger partial charge in [0.1, 0.15) is 0 Å². The Morgan fingerprint density at radius 1 is 1.45 bits per heavy atom. The average Bonchev–Trinajstić information content (AvgIpc) is 1.59. The summed E-state index contributed by atoms with van der Waals surface area (Å²) in [5.41, 5.74) is 0. The van der Waals surface area contributed by atoms with Crippen LogP contribution in [0.3, 0.4) is 0 Å². The zero-order valence-electron chi connectivity index (χ0n) is 5.52. The predicted molar refractivity (Wildman–Crippen MR) is 38.3 cm³/mol. The van der Waals surface area contributed by atoms with E-state index in [0.29, 0.717) is 0 Å². The molecule has 4 N–H and O–H groups in total. The summed E-state index contributed by atoms with van der Waals surface area (Å²) in [5, 5.41) is 10.1. The Hall–Kier alpha value is 0.379. The minimum atomic E-state index is -4.10. The Balaban J connectivity index is 0. The number of nitrogens with one attached hydrogen (secondary N) is 1. The van der Waals surface area contributed by atoms with Gasteiger partial charge in [0.2, 0.25) is 0 Å². The van der Waals surface area contributed by atoms with E-state index in [4.69, 9.17) is 14.9 Å². The molecule has 0 rings (SSSR count). The fraction of sp³-hybridized carbons (Fsp3) is 0.667. The minimum absolute atomic E-state index is 0. The number of carboxylic acid groups (broad SMARTS) is 1. The minimum Gasteiger partial charge on any atom is -0.480 e.